The first-order valence-corrected chi connectivity index (χ1v) is 5.32. The van der Waals surface area contributed by atoms with Crippen LogP contribution in [0.1, 0.15) is 17.9 Å². The molecule has 0 saturated heterocycles. The Balaban J connectivity index is 2.37. The third-order valence-electron chi connectivity index (χ3n) is 2.37. The molecule has 0 radical (unpaired) electrons. The quantitative estimate of drug-likeness (QED) is 0.715. The van der Waals surface area contributed by atoms with E-state index < -0.39 is 0 Å². The fourth-order valence-corrected chi connectivity index (χ4v) is 2.86. The lowest BCUT2D eigenvalue weighted by Gasteiger charge is -2.23. The van der Waals surface area contributed by atoms with E-state index in [-0.39, 0.29) is 0 Å². The number of nitrogens with two attached hydrogens (primary N) is 1. The number of hydrogen-bond donors (Lipinski definition) is 1. The molecule has 1 atom stereocenters. The van der Waals surface area contributed by atoms with Gasteiger partial charge in [0.2, 0.25) is 0 Å². The molecule has 0 aliphatic carbocycles. The summed E-state index contributed by atoms with van der Waals surface area (Å²) in [7, 11) is 0. The van der Waals surface area contributed by atoms with Gasteiger partial charge in [0.15, 0.2) is 0 Å². The molecule has 0 saturated carbocycles. The van der Waals surface area contributed by atoms with Gasteiger partial charge in [0.25, 0.3) is 0 Å². The Labute approximate surface area is 77.3 Å². The third kappa shape index (κ3) is 1.37. The molecule has 0 aromatic heterocycles. The highest BCUT2D eigenvalue weighted by Gasteiger charge is 2.18. The second-order valence-electron chi connectivity index (χ2n) is 3.11. The Morgan fingerprint density at radius 2 is 2.25 bits per heavy atom. The van der Waals surface area contributed by atoms with E-state index in [4.69, 9.17) is 5.73 Å². The van der Waals surface area contributed by atoms with E-state index in [1.165, 1.54) is 22.6 Å². The minimum absolute atomic E-state index is 0.599. The van der Waals surface area contributed by atoms with Crippen LogP contribution in [0.4, 0.5) is 0 Å². The van der Waals surface area contributed by atoms with Crippen LogP contribution in [0.2, 0.25) is 0 Å². The van der Waals surface area contributed by atoms with Crippen LogP contribution in [0.25, 0.3) is 0 Å². The highest BCUT2D eigenvalue weighted by molar-refractivity contribution is 7.99. The lowest BCUT2D eigenvalue weighted by molar-refractivity contribution is 0.658. The molecule has 2 rings (SSSR count). The van der Waals surface area contributed by atoms with Crippen molar-refractivity contribution in [3.05, 3.63) is 29.8 Å². The number of hydrogen-bond acceptors (Lipinski definition) is 2. The predicted octanol–water partition coefficient (Wildman–Crippen LogP) is 2.22. The summed E-state index contributed by atoms with van der Waals surface area (Å²) in [6, 6.07) is 8.61. The largest absolute Gasteiger partial charge is 0.330 e. The Hall–Kier alpha value is -0.470. The van der Waals surface area contributed by atoms with E-state index in [0.29, 0.717) is 5.92 Å². The number of rotatable bonds is 1. The maximum absolute atomic E-state index is 5.71. The summed E-state index contributed by atoms with van der Waals surface area (Å²) in [4.78, 5) is 1.43. The molecule has 1 aliphatic rings. The average Bonchev–Trinajstić information content (AvgIpc) is 2.17. The van der Waals surface area contributed by atoms with Gasteiger partial charge in [-0.15, -0.1) is 11.8 Å². The first-order chi connectivity index (χ1) is 5.92. The van der Waals surface area contributed by atoms with Gasteiger partial charge in [-0.2, -0.15) is 0 Å². The SMILES string of the molecule is NC[C@@H]1CCSc2ccccc21. The Bertz CT molecular complexity index is 272. The molecule has 0 amide bonds. The van der Waals surface area contributed by atoms with Gasteiger partial charge in [0.1, 0.15) is 0 Å². The van der Waals surface area contributed by atoms with Crippen molar-refractivity contribution in [2.24, 2.45) is 5.73 Å². The van der Waals surface area contributed by atoms with E-state index >= 15 is 0 Å². The molecule has 1 heterocycles. The molecule has 1 aromatic rings. The summed E-state index contributed by atoms with van der Waals surface area (Å²) < 4.78 is 0. The molecule has 1 aromatic carbocycles. The summed E-state index contributed by atoms with van der Waals surface area (Å²) in [6.07, 6.45) is 1.23. The monoisotopic (exact) mass is 179 g/mol. The first kappa shape index (κ1) is 8.14. The summed E-state index contributed by atoms with van der Waals surface area (Å²) in [5.74, 6) is 1.82. The van der Waals surface area contributed by atoms with Crippen molar-refractivity contribution in [2.45, 2.75) is 17.2 Å². The molecular formula is C10H13NS. The van der Waals surface area contributed by atoms with E-state index in [9.17, 15) is 0 Å². The number of fused-ring (bicyclic) bond motifs is 1. The van der Waals surface area contributed by atoms with Crippen molar-refractivity contribution in [3.8, 4) is 0 Å². The summed E-state index contributed by atoms with van der Waals surface area (Å²) in [6.45, 7) is 0.789. The highest BCUT2D eigenvalue weighted by atomic mass is 32.2. The lowest BCUT2D eigenvalue weighted by Crippen LogP contribution is -2.16. The Morgan fingerprint density at radius 1 is 1.42 bits per heavy atom. The van der Waals surface area contributed by atoms with Crippen LogP contribution >= 0.6 is 11.8 Å². The molecule has 0 bridgehead atoms. The summed E-state index contributed by atoms with van der Waals surface area (Å²) >= 11 is 1.95. The first-order valence-electron chi connectivity index (χ1n) is 4.33. The molecule has 0 spiro atoms. The van der Waals surface area contributed by atoms with Gasteiger partial charge in [0, 0.05) is 4.90 Å². The third-order valence-corrected chi connectivity index (χ3v) is 3.49. The van der Waals surface area contributed by atoms with Crippen LogP contribution in [0, 0.1) is 0 Å². The molecule has 1 aliphatic heterocycles. The normalized spacial score (nSPS) is 21.9. The molecule has 12 heavy (non-hydrogen) atoms. The standard InChI is InChI=1S/C10H13NS/c11-7-8-5-6-12-10-4-2-1-3-9(8)10/h1-4,8H,5-7,11H2/t8-/m0/s1. The van der Waals surface area contributed by atoms with Gasteiger partial charge in [-0.3, -0.25) is 0 Å². The molecule has 0 fully saturated rings. The fraction of sp³-hybridized carbons (Fsp3) is 0.400. The molecule has 64 valence electrons. The van der Waals surface area contributed by atoms with E-state index in [1.54, 1.807) is 0 Å². The van der Waals surface area contributed by atoms with Crippen LogP contribution in [-0.2, 0) is 0 Å². The van der Waals surface area contributed by atoms with Crippen LogP contribution in [-0.4, -0.2) is 12.3 Å². The van der Waals surface area contributed by atoms with Crippen LogP contribution in [0.15, 0.2) is 29.2 Å². The van der Waals surface area contributed by atoms with Crippen molar-refractivity contribution < 1.29 is 0 Å². The maximum atomic E-state index is 5.71. The second kappa shape index (κ2) is 3.50. The van der Waals surface area contributed by atoms with Gasteiger partial charge in [-0.1, -0.05) is 18.2 Å². The lowest BCUT2D eigenvalue weighted by atomic mass is 9.96. The zero-order valence-electron chi connectivity index (χ0n) is 6.99. The minimum Gasteiger partial charge on any atom is -0.330 e. The molecule has 2 N–H and O–H groups in total. The molecule has 1 nitrogen and oxygen atoms in total. The van der Waals surface area contributed by atoms with Gasteiger partial charge in [-0.25, -0.2) is 0 Å². The second-order valence-corrected chi connectivity index (χ2v) is 4.24. The fourth-order valence-electron chi connectivity index (χ4n) is 1.66. The van der Waals surface area contributed by atoms with Gasteiger partial charge >= 0.3 is 0 Å². The maximum Gasteiger partial charge on any atom is 0.0107 e. The van der Waals surface area contributed by atoms with E-state index in [1.807, 2.05) is 11.8 Å². The van der Waals surface area contributed by atoms with Gasteiger partial charge in [0.05, 0.1) is 0 Å². The van der Waals surface area contributed by atoms with Crippen molar-refractivity contribution in [3.63, 3.8) is 0 Å². The Morgan fingerprint density at radius 3 is 3.08 bits per heavy atom. The smallest absolute Gasteiger partial charge is 0.0107 e. The van der Waals surface area contributed by atoms with E-state index in [2.05, 4.69) is 24.3 Å². The van der Waals surface area contributed by atoms with Gasteiger partial charge in [-0.05, 0) is 36.3 Å². The summed E-state index contributed by atoms with van der Waals surface area (Å²) in [5.41, 5.74) is 7.16. The Kier molecular flexibility index (Phi) is 2.38. The average molecular weight is 179 g/mol. The molecule has 2 heteroatoms. The van der Waals surface area contributed by atoms with Crippen molar-refractivity contribution in [1.82, 2.24) is 0 Å². The minimum atomic E-state index is 0.599. The summed E-state index contributed by atoms with van der Waals surface area (Å²) in [5, 5.41) is 0. The zero-order chi connectivity index (χ0) is 8.39. The molecular weight excluding hydrogens is 166 g/mol. The molecule has 0 unspecified atom stereocenters. The zero-order valence-corrected chi connectivity index (χ0v) is 7.81. The number of thioether (sulfide) groups is 1. The van der Waals surface area contributed by atoms with E-state index in [0.717, 1.165) is 6.54 Å². The highest BCUT2D eigenvalue weighted by Crippen LogP contribution is 2.36. The topological polar surface area (TPSA) is 26.0 Å². The van der Waals surface area contributed by atoms with Crippen LogP contribution in [0.3, 0.4) is 0 Å². The predicted molar refractivity (Wildman–Crippen MR) is 53.6 cm³/mol. The van der Waals surface area contributed by atoms with Gasteiger partial charge < -0.3 is 5.73 Å². The van der Waals surface area contributed by atoms with Crippen LogP contribution in [0.5, 0.6) is 0 Å². The van der Waals surface area contributed by atoms with Crippen molar-refractivity contribution in [2.75, 3.05) is 12.3 Å². The van der Waals surface area contributed by atoms with Crippen LogP contribution < -0.4 is 5.73 Å². The van der Waals surface area contributed by atoms with Crippen molar-refractivity contribution >= 4 is 11.8 Å². The number of benzene rings is 1. The van der Waals surface area contributed by atoms with Crippen molar-refractivity contribution in [1.29, 1.82) is 0 Å².